The van der Waals surface area contributed by atoms with Crippen molar-refractivity contribution in [3.63, 3.8) is 0 Å². The number of rotatable bonds is 7. The van der Waals surface area contributed by atoms with Crippen LogP contribution in [0.3, 0.4) is 0 Å². The lowest BCUT2D eigenvalue weighted by atomic mass is 9.93. The topological polar surface area (TPSA) is 89.8 Å². The van der Waals surface area contributed by atoms with Gasteiger partial charge < -0.3 is 19.4 Å². The van der Waals surface area contributed by atoms with Gasteiger partial charge in [0.15, 0.2) is 6.10 Å². The molecule has 0 N–H and O–H groups in total. The Balaban J connectivity index is 1.44. The van der Waals surface area contributed by atoms with Crippen LogP contribution in [0.4, 0.5) is 19.4 Å². The molecule has 4 rings (SSSR count). The molecule has 202 valence electrons. The molecule has 0 unspecified atom stereocenters. The van der Waals surface area contributed by atoms with Gasteiger partial charge in [-0.2, -0.15) is 5.26 Å². The number of likely N-dealkylation sites (N-methyl/N-ethyl adjacent to an activating group) is 1. The fraction of sp³-hybridized carbons (Fsp3) is 0.481. The Morgan fingerprint density at radius 2 is 1.84 bits per heavy atom. The second kappa shape index (κ2) is 12.4. The van der Waals surface area contributed by atoms with Gasteiger partial charge in [0.25, 0.3) is 0 Å². The molecular weight excluding hydrogens is 516 g/mol. The minimum Gasteiger partial charge on any atom is -0.441 e. The molecule has 0 radical (unpaired) electrons. The van der Waals surface area contributed by atoms with E-state index in [-0.39, 0.29) is 24.3 Å². The van der Waals surface area contributed by atoms with Crippen molar-refractivity contribution in [2.75, 3.05) is 51.5 Å². The highest BCUT2D eigenvalue weighted by Crippen LogP contribution is 2.34. The van der Waals surface area contributed by atoms with Crippen molar-refractivity contribution in [2.45, 2.75) is 30.9 Å². The van der Waals surface area contributed by atoms with E-state index in [0.29, 0.717) is 43.1 Å². The molecule has 1 aromatic heterocycles. The van der Waals surface area contributed by atoms with Gasteiger partial charge in [0.1, 0.15) is 25.2 Å². The maximum Gasteiger partial charge on any atom is 0.410 e. The summed E-state index contributed by atoms with van der Waals surface area (Å²) in [5.41, 5.74) is 1.40. The Labute approximate surface area is 225 Å². The molecule has 11 heteroatoms. The quantitative estimate of drug-likeness (QED) is 0.518. The third kappa shape index (κ3) is 6.16. The number of likely N-dealkylation sites (tertiary alicyclic amines) is 1. The first-order valence-electron chi connectivity index (χ1n) is 12.5. The first-order chi connectivity index (χ1) is 18.3. The van der Waals surface area contributed by atoms with Crippen LogP contribution in [0.2, 0.25) is 5.02 Å². The van der Waals surface area contributed by atoms with E-state index in [4.69, 9.17) is 21.6 Å². The normalized spacial score (nSPS) is 19.9. The molecule has 2 saturated heterocycles. The molecule has 0 spiro atoms. The Morgan fingerprint density at radius 1 is 1.16 bits per heavy atom. The van der Waals surface area contributed by atoms with E-state index in [0.717, 1.165) is 11.4 Å². The number of carbonyl (C=O) groups excluding carboxylic acids is 2. The third-order valence-electron chi connectivity index (χ3n) is 7.34. The number of ether oxygens (including phenoxy) is 1. The summed E-state index contributed by atoms with van der Waals surface area (Å²) in [4.78, 5) is 35.8. The second-order valence-corrected chi connectivity index (χ2v) is 10.1. The second-order valence-electron chi connectivity index (χ2n) is 9.67. The summed E-state index contributed by atoms with van der Waals surface area (Å²) in [6, 6.07) is 12.4. The summed E-state index contributed by atoms with van der Waals surface area (Å²) in [7, 11) is 1.53. The number of hydrogen-bond acceptors (Lipinski definition) is 6. The average molecular weight is 546 g/mol. The number of halogens is 3. The van der Waals surface area contributed by atoms with Crippen molar-refractivity contribution in [3.05, 3.63) is 58.7 Å². The number of alkyl halides is 2. The highest BCUT2D eigenvalue weighted by molar-refractivity contribution is 6.30. The van der Waals surface area contributed by atoms with Crippen LogP contribution < -0.4 is 4.90 Å². The zero-order valence-corrected chi connectivity index (χ0v) is 21.9. The van der Waals surface area contributed by atoms with Gasteiger partial charge >= 0.3 is 6.09 Å². The predicted molar refractivity (Wildman–Crippen MR) is 138 cm³/mol. The summed E-state index contributed by atoms with van der Waals surface area (Å²) >= 11 is 6.07. The molecule has 8 nitrogen and oxygen atoms in total. The lowest BCUT2D eigenvalue weighted by Crippen LogP contribution is -2.45. The van der Waals surface area contributed by atoms with Crippen molar-refractivity contribution in [1.29, 1.82) is 5.26 Å². The van der Waals surface area contributed by atoms with E-state index in [1.165, 1.54) is 11.9 Å². The van der Waals surface area contributed by atoms with Crippen molar-refractivity contribution >= 4 is 29.4 Å². The highest BCUT2D eigenvalue weighted by atomic mass is 35.5. The van der Waals surface area contributed by atoms with Crippen LogP contribution in [0.5, 0.6) is 0 Å². The largest absolute Gasteiger partial charge is 0.441 e. The Hall–Kier alpha value is -3.45. The first-order valence-corrected chi connectivity index (χ1v) is 12.9. The predicted octanol–water partition coefficient (Wildman–Crippen LogP) is 4.19. The van der Waals surface area contributed by atoms with Crippen molar-refractivity contribution in [3.8, 4) is 6.07 Å². The van der Waals surface area contributed by atoms with E-state index in [2.05, 4.69) is 16.0 Å². The molecule has 0 bridgehead atoms. The van der Waals surface area contributed by atoms with Crippen LogP contribution in [-0.4, -0.2) is 85.5 Å². The molecule has 2 atom stereocenters. The number of amides is 2. The standard InChI is InChI=1S/C27H30ClF2N5O3/c1-33(27(37)38-22(12-29)13-30)24-17-35(16-23(24)19-3-5-21(28)6-4-19)26(36)20-8-10-34(11-9-20)25-7-2-18(14-31)15-32-25/h2-7,15,20,22-24H,8-13,16-17H2,1H3/t23-,24+/m0/s1. The van der Waals surface area contributed by atoms with Crippen molar-refractivity contribution < 1.29 is 23.1 Å². The van der Waals surface area contributed by atoms with E-state index in [1.807, 2.05) is 18.2 Å². The van der Waals surface area contributed by atoms with Crippen LogP contribution in [0.1, 0.15) is 29.9 Å². The van der Waals surface area contributed by atoms with Gasteiger partial charge in [0.05, 0.1) is 11.6 Å². The number of nitrogens with zero attached hydrogens (tertiary/aromatic N) is 5. The first kappa shape index (κ1) is 27.6. The molecule has 2 aliphatic heterocycles. The summed E-state index contributed by atoms with van der Waals surface area (Å²) < 4.78 is 30.9. The monoisotopic (exact) mass is 545 g/mol. The van der Waals surface area contributed by atoms with Gasteiger partial charge in [-0.1, -0.05) is 23.7 Å². The molecule has 38 heavy (non-hydrogen) atoms. The van der Waals surface area contributed by atoms with E-state index in [1.54, 1.807) is 29.3 Å². The molecular formula is C27H30ClF2N5O3. The summed E-state index contributed by atoms with van der Waals surface area (Å²) in [6.07, 6.45) is 0.568. The van der Waals surface area contributed by atoms with Crippen molar-refractivity contribution in [2.24, 2.45) is 5.92 Å². The van der Waals surface area contributed by atoms with Crippen LogP contribution >= 0.6 is 11.6 Å². The molecule has 2 aromatic rings. The number of anilines is 1. The Kier molecular flexibility index (Phi) is 9.00. The van der Waals surface area contributed by atoms with Crippen molar-refractivity contribution in [1.82, 2.24) is 14.8 Å². The number of hydrogen-bond donors (Lipinski definition) is 0. The maximum atomic E-state index is 13.6. The highest BCUT2D eigenvalue weighted by Gasteiger charge is 2.42. The van der Waals surface area contributed by atoms with Gasteiger partial charge in [-0.15, -0.1) is 0 Å². The zero-order chi connectivity index (χ0) is 27.2. The zero-order valence-electron chi connectivity index (χ0n) is 21.1. The Morgan fingerprint density at radius 3 is 2.42 bits per heavy atom. The molecule has 2 aliphatic rings. The van der Waals surface area contributed by atoms with Gasteiger partial charge in [-0.3, -0.25) is 4.79 Å². The van der Waals surface area contributed by atoms with Crippen LogP contribution in [0, 0.1) is 17.2 Å². The van der Waals surface area contributed by atoms with E-state index in [9.17, 15) is 18.4 Å². The van der Waals surface area contributed by atoms with Crippen LogP contribution in [0.25, 0.3) is 0 Å². The molecule has 3 heterocycles. The SMILES string of the molecule is CN(C(=O)OC(CF)CF)[C@@H]1CN(C(=O)C2CCN(c3ccc(C#N)cn3)CC2)C[C@H]1c1ccc(Cl)cc1. The fourth-order valence-electron chi connectivity index (χ4n) is 5.11. The number of nitriles is 1. The van der Waals surface area contributed by atoms with Crippen LogP contribution in [0.15, 0.2) is 42.6 Å². The molecule has 1 aromatic carbocycles. The van der Waals surface area contributed by atoms with Gasteiger partial charge in [-0.25, -0.2) is 18.6 Å². The molecule has 2 fully saturated rings. The fourth-order valence-corrected chi connectivity index (χ4v) is 5.24. The van der Waals surface area contributed by atoms with Gasteiger partial charge in [-0.05, 0) is 42.7 Å². The molecule has 2 amide bonds. The lowest BCUT2D eigenvalue weighted by Gasteiger charge is -2.34. The van der Waals surface area contributed by atoms with Gasteiger partial charge in [0.2, 0.25) is 5.91 Å². The number of aromatic nitrogens is 1. The number of pyridine rings is 1. The third-order valence-corrected chi connectivity index (χ3v) is 7.59. The molecule has 0 aliphatic carbocycles. The number of carbonyl (C=O) groups is 2. The summed E-state index contributed by atoms with van der Waals surface area (Å²) in [6.45, 7) is -0.216. The van der Waals surface area contributed by atoms with E-state index < -0.39 is 31.6 Å². The number of piperidine rings is 1. The minimum absolute atomic E-state index is 0.0195. The van der Waals surface area contributed by atoms with E-state index >= 15 is 0 Å². The Bertz CT molecular complexity index is 1150. The summed E-state index contributed by atoms with van der Waals surface area (Å²) in [5, 5.41) is 9.55. The van der Waals surface area contributed by atoms with Gasteiger partial charge in [0, 0.05) is 56.3 Å². The lowest BCUT2D eigenvalue weighted by molar-refractivity contribution is -0.135. The number of benzene rings is 1. The molecule has 0 saturated carbocycles. The smallest absolute Gasteiger partial charge is 0.410 e. The summed E-state index contributed by atoms with van der Waals surface area (Å²) in [5.74, 6) is 0.407. The average Bonchev–Trinajstić information content (AvgIpc) is 3.41. The maximum absolute atomic E-state index is 13.6. The minimum atomic E-state index is -1.45. The van der Waals surface area contributed by atoms with Crippen LogP contribution in [-0.2, 0) is 9.53 Å².